The Balaban J connectivity index is 1.88. The van der Waals surface area contributed by atoms with E-state index in [9.17, 15) is 4.79 Å². The summed E-state index contributed by atoms with van der Waals surface area (Å²) in [5.74, 6) is 1.05. The van der Waals surface area contributed by atoms with Gasteiger partial charge in [0.15, 0.2) is 5.78 Å². The topological polar surface area (TPSA) is 44.9 Å². The number of fused-ring (bicyclic) bond motifs is 3. The number of hydrogen-bond acceptors (Lipinski definition) is 2. The number of ketones is 1. The molecule has 1 aromatic heterocycles. The Labute approximate surface area is 145 Å². The lowest BCUT2D eigenvalue weighted by Crippen LogP contribution is -2.31. The van der Waals surface area contributed by atoms with Gasteiger partial charge in [0.25, 0.3) is 0 Å². The van der Waals surface area contributed by atoms with Crippen molar-refractivity contribution in [2.24, 2.45) is 11.8 Å². The van der Waals surface area contributed by atoms with Crippen molar-refractivity contribution >= 4 is 16.7 Å². The first-order valence-electron chi connectivity index (χ1n) is 9.40. The van der Waals surface area contributed by atoms with Crippen LogP contribution in [0.15, 0.2) is 18.2 Å². The number of benzene rings is 1. The molecule has 2 unspecified atom stereocenters. The van der Waals surface area contributed by atoms with Gasteiger partial charge in [0.2, 0.25) is 0 Å². The predicted molar refractivity (Wildman–Crippen MR) is 101 cm³/mol. The second-order valence-corrected chi connectivity index (χ2v) is 7.69. The van der Waals surface area contributed by atoms with Crippen LogP contribution >= 0.6 is 0 Å². The first-order chi connectivity index (χ1) is 11.5. The number of nitrogens with one attached hydrogen (secondary N) is 2. The van der Waals surface area contributed by atoms with Crippen molar-refractivity contribution in [1.29, 1.82) is 0 Å². The molecule has 1 heterocycles. The van der Waals surface area contributed by atoms with Gasteiger partial charge < -0.3 is 10.3 Å². The Morgan fingerprint density at radius 3 is 2.83 bits per heavy atom. The molecule has 3 rings (SSSR count). The number of Topliss-reactive ketones (excluding diaryl/α,β-unsaturated/α-hetero) is 1. The monoisotopic (exact) mass is 326 g/mol. The third-order valence-corrected chi connectivity index (χ3v) is 5.45. The normalized spacial score (nSPS) is 18.8. The van der Waals surface area contributed by atoms with Gasteiger partial charge in [-0.3, -0.25) is 4.79 Å². The summed E-state index contributed by atoms with van der Waals surface area (Å²) in [6.07, 6.45) is 4.35. The van der Waals surface area contributed by atoms with Crippen molar-refractivity contribution < 1.29 is 4.79 Å². The highest BCUT2D eigenvalue weighted by Crippen LogP contribution is 2.32. The fourth-order valence-corrected chi connectivity index (χ4v) is 3.69. The summed E-state index contributed by atoms with van der Waals surface area (Å²) < 4.78 is 0. The third kappa shape index (κ3) is 3.41. The van der Waals surface area contributed by atoms with Crippen molar-refractivity contribution in [3.63, 3.8) is 0 Å². The van der Waals surface area contributed by atoms with Crippen LogP contribution in [0.2, 0.25) is 0 Å². The van der Waals surface area contributed by atoms with E-state index in [4.69, 9.17) is 0 Å². The Morgan fingerprint density at radius 1 is 1.33 bits per heavy atom. The van der Waals surface area contributed by atoms with Gasteiger partial charge in [-0.25, -0.2) is 0 Å². The number of aromatic nitrogens is 1. The van der Waals surface area contributed by atoms with E-state index in [1.54, 1.807) is 0 Å². The van der Waals surface area contributed by atoms with E-state index < -0.39 is 0 Å². The molecule has 0 spiro atoms. The molecule has 3 heteroatoms. The molecule has 0 fully saturated rings. The number of aryl methyl sites for hydroxylation is 1. The Hall–Kier alpha value is -1.61. The van der Waals surface area contributed by atoms with E-state index in [-0.39, 0.29) is 11.7 Å². The molecular formula is C21H30N2O. The lowest BCUT2D eigenvalue weighted by Gasteiger charge is -2.24. The van der Waals surface area contributed by atoms with Gasteiger partial charge in [-0.05, 0) is 61.9 Å². The van der Waals surface area contributed by atoms with Crippen molar-refractivity contribution in [3.8, 4) is 0 Å². The van der Waals surface area contributed by atoms with Crippen molar-refractivity contribution in [2.75, 3.05) is 6.54 Å². The second kappa shape index (κ2) is 7.10. The van der Waals surface area contributed by atoms with Gasteiger partial charge in [0.05, 0.1) is 0 Å². The summed E-state index contributed by atoms with van der Waals surface area (Å²) >= 11 is 0. The molecule has 1 aliphatic rings. The molecule has 0 bridgehead atoms. The zero-order valence-corrected chi connectivity index (χ0v) is 15.4. The van der Waals surface area contributed by atoms with Gasteiger partial charge in [-0.2, -0.15) is 0 Å². The predicted octanol–water partition coefficient (Wildman–Crippen LogP) is 4.50. The molecule has 0 aliphatic heterocycles. The van der Waals surface area contributed by atoms with E-state index in [1.165, 1.54) is 28.6 Å². The van der Waals surface area contributed by atoms with Crippen LogP contribution < -0.4 is 5.32 Å². The Morgan fingerprint density at radius 2 is 2.12 bits per heavy atom. The number of H-pyrrole nitrogens is 1. The van der Waals surface area contributed by atoms with Crippen LogP contribution in [-0.2, 0) is 12.8 Å². The minimum atomic E-state index is 0.0974. The maximum absolute atomic E-state index is 12.5. The van der Waals surface area contributed by atoms with Crippen molar-refractivity contribution in [2.45, 2.75) is 59.4 Å². The molecule has 2 aromatic rings. The number of aromatic amines is 1. The van der Waals surface area contributed by atoms with Gasteiger partial charge in [0, 0.05) is 34.1 Å². The van der Waals surface area contributed by atoms with Crippen LogP contribution in [-0.4, -0.2) is 23.4 Å². The number of carbonyl (C=O) groups is 1. The number of hydrogen-bond donors (Lipinski definition) is 2. The van der Waals surface area contributed by atoms with Crippen LogP contribution in [0.4, 0.5) is 0 Å². The minimum Gasteiger partial charge on any atom is -0.358 e. The summed E-state index contributed by atoms with van der Waals surface area (Å²) in [4.78, 5) is 16.1. The van der Waals surface area contributed by atoms with Crippen LogP contribution in [0.5, 0.6) is 0 Å². The average molecular weight is 326 g/mol. The number of carbonyl (C=O) groups excluding carboxylic acids is 1. The molecule has 0 radical (unpaired) electrons. The van der Waals surface area contributed by atoms with E-state index >= 15 is 0 Å². The third-order valence-electron chi connectivity index (χ3n) is 5.45. The molecule has 2 N–H and O–H groups in total. The highest BCUT2D eigenvalue weighted by molar-refractivity contribution is 6.01. The van der Waals surface area contributed by atoms with Crippen molar-refractivity contribution in [1.82, 2.24) is 10.3 Å². The molecular weight excluding hydrogens is 296 g/mol. The van der Waals surface area contributed by atoms with E-state index in [1.807, 2.05) is 13.0 Å². The Kier molecular flexibility index (Phi) is 5.09. The highest BCUT2D eigenvalue weighted by Gasteiger charge is 2.23. The summed E-state index contributed by atoms with van der Waals surface area (Å²) in [7, 11) is 0. The SMILES string of the molecule is CCC(C)C(=O)c1ccc2[nH]c3c(c2c1)CC(CNC(C)C)CC3. The fraction of sp³-hybridized carbons (Fsp3) is 0.571. The van der Waals surface area contributed by atoms with E-state index in [0.29, 0.717) is 12.0 Å². The zero-order chi connectivity index (χ0) is 17.3. The lowest BCUT2D eigenvalue weighted by atomic mass is 9.85. The number of rotatable bonds is 6. The van der Waals surface area contributed by atoms with Gasteiger partial charge in [0.1, 0.15) is 0 Å². The summed E-state index contributed by atoms with van der Waals surface area (Å²) in [5.41, 5.74) is 4.85. The zero-order valence-electron chi connectivity index (χ0n) is 15.4. The molecule has 3 nitrogen and oxygen atoms in total. The molecule has 0 saturated heterocycles. The van der Waals surface area contributed by atoms with Gasteiger partial charge in [-0.1, -0.05) is 27.7 Å². The molecule has 0 amide bonds. The summed E-state index contributed by atoms with van der Waals surface area (Å²) in [6, 6.07) is 6.73. The van der Waals surface area contributed by atoms with E-state index in [2.05, 4.69) is 43.2 Å². The first-order valence-corrected chi connectivity index (χ1v) is 9.40. The van der Waals surface area contributed by atoms with Gasteiger partial charge >= 0.3 is 0 Å². The second-order valence-electron chi connectivity index (χ2n) is 7.69. The van der Waals surface area contributed by atoms with Crippen LogP contribution in [0.25, 0.3) is 10.9 Å². The lowest BCUT2D eigenvalue weighted by molar-refractivity contribution is 0.0927. The molecule has 2 atom stereocenters. The Bertz CT molecular complexity index is 729. The van der Waals surface area contributed by atoms with E-state index in [0.717, 1.165) is 31.4 Å². The maximum atomic E-state index is 12.5. The summed E-state index contributed by atoms with van der Waals surface area (Å²) in [6.45, 7) is 9.58. The molecule has 0 saturated carbocycles. The van der Waals surface area contributed by atoms with Crippen molar-refractivity contribution in [3.05, 3.63) is 35.0 Å². The molecule has 130 valence electrons. The van der Waals surface area contributed by atoms with Crippen LogP contribution in [0.1, 0.15) is 62.2 Å². The average Bonchev–Trinajstić information content (AvgIpc) is 2.95. The quantitative estimate of drug-likeness (QED) is 0.768. The molecule has 24 heavy (non-hydrogen) atoms. The molecule has 1 aliphatic carbocycles. The summed E-state index contributed by atoms with van der Waals surface area (Å²) in [5, 5.41) is 4.83. The standard InChI is InChI=1S/C21H30N2O/c1-5-14(4)21(24)16-7-9-20-18(11-16)17-10-15(12-22-13(2)3)6-8-19(17)23-20/h7,9,11,13-15,22-23H,5-6,8,10,12H2,1-4H3. The molecule has 1 aromatic carbocycles. The largest absolute Gasteiger partial charge is 0.358 e. The van der Waals surface area contributed by atoms with Crippen LogP contribution in [0.3, 0.4) is 0 Å². The smallest absolute Gasteiger partial charge is 0.165 e. The first kappa shape index (κ1) is 17.2. The van der Waals surface area contributed by atoms with Crippen LogP contribution in [0, 0.1) is 11.8 Å². The maximum Gasteiger partial charge on any atom is 0.165 e. The minimum absolute atomic E-state index is 0.0974. The van der Waals surface area contributed by atoms with Gasteiger partial charge in [-0.15, -0.1) is 0 Å². The highest BCUT2D eigenvalue weighted by atomic mass is 16.1. The fourth-order valence-electron chi connectivity index (χ4n) is 3.69.